The molecule has 1 aliphatic carbocycles. The number of sulfonamides is 1. The van der Waals surface area contributed by atoms with Crippen LogP contribution in [0.5, 0.6) is 0 Å². The molecule has 0 radical (unpaired) electrons. The normalized spacial score (nSPS) is 26.1. The maximum Gasteiger partial charge on any atom is 0.243 e. The minimum Gasteiger partial charge on any atom is -0.354 e. The molecule has 1 aromatic rings. The van der Waals surface area contributed by atoms with Gasteiger partial charge in [0.1, 0.15) is 0 Å². The number of amides is 2. The van der Waals surface area contributed by atoms with Crippen LogP contribution in [-0.4, -0.2) is 49.7 Å². The van der Waals surface area contributed by atoms with Gasteiger partial charge in [-0.15, -0.1) is 12.4 Å². The first-order valence-electron chi connectivity index (χ1n) is 9.17. The SMILES string of the molecule is CC1(N)CCCCC1C(=O)Nc1cccc(S(=O)(=O)N2CCNC(=O)C2)c1.Cl. The Balaban J connectivity index is 0.00000280. The van der Waals surface area contributed by atoms with Crippen molar-refractivity contribution in [3.05, 3.63) is 24.3 Å². The van der Waals surface area contributed by atoms with Crippen LogP contribution in [0.15, 0.2) is 29.2 Å². The Bertz CT molecular complexity index is 844. The molecule has 0 aromatic heterocycles. The highest BCUT2D eigenvalue weighted by Gasteiger charge is 2.38. The lowest BCUT2D eigenvalue weighted by Gasteiger charge is -2.37. The third-order valence-electron chi connectivity index (χ3n) is 5.31. The molecule has 1 heterocycles. The van der Waals surface area contributed by atoms with Gasteiger partial charge in [-0.2, -0.15) is 4.31 Å². The van der Waals surface area contributed by atoms with Crippen LogP contribution in [0.3, 0.4) is 0 Å². The zero-order valence-corrected chi connectivity index (χ0v) is 17.4. The minimum atomic E-state index is -3.80. The van der Waals surface area contributed by atoms with Crippen molar-refractivity contribution in [2.24, 2.45) is 11.7 Å². The Morgan fingerprint density at radius 2 is 2.11 bits per heavy atom. The third kappa shape index (κ3) is 4.83. The van der Waals surface area contributed by atoms with Crippen molar-refractivity contribution in [2.75, 3.05) is 25.0 Å². The molecule has 1 aliphatic heterocycles. The molecule has 2 amide bonds. The van der Waals surface area contributed by atoms with Crippen molar-refractivity contribution in [2.45, 2.75) is 43.0 Å². The van der Waals surface area contributed by atoms with Crippen LogP contribution in [0, 0.1) is 5.92 Å². The van der Waals surface area contributed by atoms with Gasteiger partial charge in [0.05, 0.1) is 17.4 Å². The number of nitrogens with one attached hydrogen (secondary N) is 2. The van der Waals surface area contributed by atoms with Crippen molar-refractivity contribution in [3.8, 4) is 0 Å². The van der Waals surface area contributed by atoms with Crippen molar-refractivity contribution in [1.29, 1.82) is 0 Å². The van der Waals surface area contributed by atoms with Crippen molar-refractivity contribution < 1.29 is 18.0 Å². The number of hydrogen-bond acceptors (Lipinski definition) is 5. The maximum atomic E-state index is 12.8. The van der Waals surface area contributed by atoms with E-state index < -0.39 is 15.6 Å². The van der Waals surface area contributed by atoms with E-state index in [0.717, 1.165) is 30.0 Å². The van der Waals surface area contributed by atoms with Gasteiger partial charge in [0, 0.05) is 24.3 Å². The molecule has 2 atom stereocenters. The average molecular weight is 431 g/mol. The second kappa shape index (κ2) is 8.77. The molecule has 1 saturated heterocycles. The molecule has 2 fully saturated rings. The number of halogens is 1. The predicted octanol–water partition coefficient (Wildman–Crippen LogP) is 1.08. The predicted molar refractivity (Wildman–Crippen MR) is 109 cm³/mol. The Morgan fingerprint density at radius 3 is 2.79 bits per heavy atom. The van der Waals surface area contributed by atoms with E-state index in [1.807, 2.05) is 6.92 Å². The van der Waals surface area contributed by atoms with E-state index in [4.69, 9.17) is 5.73 Å². The van der Waals surface area contributed by atoms with Gasteiger partial charge in [0.15, 0.2) is 0 Å². The summed E-state index contributed by atoms with van der Waals surface area (Å²) in [4.78, 5) is 24.2. The second-order valence-corrected chi connectivity index (χ2v) is 9.45. The molecule has 156 valence electrons. The number of piperazine rings is 1. The van der Waals surface area contributed by atoms with E-state index in [0.29, 0.717) is 5.69 Å². The highest BCUT2D eigenvalue weighted by Crippen LogP contribution is 2.32. The number of carbonyl (C=O) groups excluding carboxylic acids is 2. The molecule has 2 unspecified atom stereocenters. The highest BCUT2D eigenvalue weighted by molar-refractivity contribution is 7.89. The minimum absolute atomic E-state index is 0. The summed E-state index contributed by atoms with van der Waals surface area (Å²) in [5.41, 5.74) is 6.13. The molecule has 3 rings (SSSR count). The first kappa shape index (κ1) is 22.6. The van der Waals surface area contributed by atoms with E-state index in [2.05, 4.69) is 10.6 Å². The summed E-state index contributed by atoms with van der Waals surface area (Å²) in [7, 11) is -3.80. The molecule has 0 spiro atoms. The Hall–Kier alpha value is -1.68. The molecule has 1 aromatic carbocycles. The quantitative estimate of drug-likeness (QED) is 0.659. The van der Waals surface area contributed by atoms with Gasteiger partial charge in [-0.1, -0.05) is 18.9 Å². The van der Waals surface area contributed by atoms with Gasteiger partial charge in [-0.3, -0.25) is 9.59 Å². The lowest BCUT2D eigenvalue weighted by atomic mass is 9.74. The van der Waals surface area contributed by atoms with Crippen LogP contribution >= 0.6 is 12.4 Å². The third-order valence-corrected chi connectivity index (χ3v) is 7.15. The standard InChI is InChI=1S/C18H26N4O4S.ClH/c1-18(19)8-3-2-7-15(18)17(24)21-13-5-4-6-14(11-13)27(25,26)22-10-9-20-16(23)12-22;/h4-6,11,15H,2-3,7-10,12,19H2,1H3,(H,20,23)(H,21,24);1H. The maximum absolute atomic E-state index is 12.8. The summed E-state index contributed by atoms with van der Waals surface area (Å²) in [6.45, 7) is 2.19. The van der Waals surface area contributed by atoms with E-state index >= 15 is 0 Å². The Kier molecular flexibility index (Phi) is 7.08. The summed E-state index contributed by atoms with van der Waals surface area (Å²) in [5, 5.41) is 5.41. The molecule has 0 bridgehead atoms. The topological polar surface area (TPSA) is 122 Å². The fourth-order valence-electron chi connectivity index (χ4n) is 3.72. The molecular weight excluding hydrogens is 404 g/mol. The van der Waals surface area contributed by atoms with Gasteiger partial charge in [0.2, 0.25) is 21.8 Å². The first-order valence-corrected chi connectivity index (χ1v) is 10.6. The van der Waals surface area contributed by atoms with Crippen LogP contribution in [0.4, 0.5) is 5.69 Å². The molecule has 8 nitrogen and oxygen atoms in total. The number of anilines is 1. The van der Waals surface area contributed by atoms with Gasteiger partial charge >= 0.3 is 0 Å². The Morgan fingerprint density at radius 1 is 1.36 bits per heavy atom. The second-order valence-electron chi connectivity index (χ2n) is 7.51. The van der Waals surface area contributed by atoms with Crippen LogP contribution in [0.25, 0.3) is 0 Å². The number of rotatable bonds is 4. The van der Waals surface area contributed by atoms with Crippen molar-refractivity contribution in [3.63, 3.8) is 0 Å². The Labute approximate surface area is 171 Å². The van der Waals surface area contributed by atoms with E-state index in [-0.39, 0.29) is 54.7 Å². The molecule has 28 heavy (non-hydrogen) atoms. The van der Waals surface area contributed by atoms with Crippen LogP contribution in [0.1, 0.15) is 32.6 Å². The lowest BCUT2D eigenvalue weighted by molar-refractivity contribution is -0.123. The van der Waals surface area contributed by atoms with Gasteiger partial charge in [-0.05, 0) is 38.0 Å². The molecule has 1 saturated carbocycles. The molecule has 10 heteroatoms. The fourth-order valence-corrected chi connectivity index (χ4v) is 5.17. The molecular formula is C18H27ClN4O4S. The smallest absolute Gasteiger partial charge is 0.243 e. The fraction of sp³-hybridized carbons (Fsp3) is 0.556. The van der Waals surface area contributed by atoms with E-state index in [1.165, 1.54) is 12.1 Å². The molecule has 2 aliphatic rings. The van der Waals surface area contributed by atoms with E-state index in [9.17, 15) is 18.0 Å². The van der Waals surface area contributed by atoms with Crippen LogP contribution in [0.2, 0.25) is 0 Å². The summed E-state index contributed by atoms with van der Waals surface area (Å²) in [6.07, 6.45) is 3.47. The van der Waals surface area contributed by atoms with Crippen LogP contribution < -0.4 is 16.4 Å². The number of carbonyl (C=O) groups is 2. The number of hydrogen-bond donors (Lipinski definition) is 3. The van der Waals surface area contributed by atoms with Crippen molar-refractivity contribution in [1.82, 2.24) is 9.62 Å². The monoisotopic (exact) mass is 430 g/mol. The lowest BCUT2D eigenvalue weighted by Crippen LogP contribution is -2.51. The summed E-state index contributed by atoms with van der Waals surface area (Å²) in [5.74, 6) is -0.822. The largest absolute Gasteiger partial charge is 0.354 e. The van der Waals surface area contributed by atoms with Crippen molar-refractivity contribution >= 4 is 39.9 Å². The summed E-state index contributed by atoms with van der Waals surface area (Å²) in [6, 6.07) is 6.12. The number of nitrogens with two attached hydrogens (primary N) is 1. The van der Waals surface area contributed by atoms with E-state index in [1.54, 1.807) is 12.1 Å². The zero-order valence-electron chi connectivity index (χ0n) is 15.8. The average Bonchev–Trinajstić information content (AvgIpc) is 2.61. The number of benzene rings is 1. The van der Waals surface area contributed by atoms with Gasteiger partial charge < -0.3 is 16.4 Å². The van der Waals surface area contributed by atoms with Crippen LogP contribution in [-0.2, 0) is 19.6 Å². The first-order chi connectivity index (χ1) is 12.7. The summed E-state index contributed by atoms with van der Waals surface area (Å²) >= 11 is 0. The van der Waals surface area contributed by atoms with Gasteiger partial charge in [0.25, 0.3) is 0 Å². The highest BCUT2D eigenvalue weighted by atomic mass is 35.5. The molecule has 4 N–H and O–H groups in total. The number of nitrogens with zero attached hydrogens (tertiary/aromatic N) is 1. The van der Waals surface area contributed by atoms with Gasteiger partial charge in [-0.25, -0.2) is 8.42 Å². The zero-order chi connectivity index (χ0) is 19.7. The summed E-state index contributed by atoms with van der Waals surface area (Å²) < 4.78 is 26.7.